The number of nitrogens with one attached hydrogen (secondary N) is 1. The summed E-state index contributed by atoms with van der Waals surface area (Å²) in [5.74, 6) is -1.20. The number of carbonyl (C=O) groups excluding carboxylic acids is 2. The van der Waals surface area contributed by atoms with Crippen LogP contribution >= 0.6 is 0 Å². The number of hydrogen-bond acceptors (Lipinski definition) is 7. The third kappa shape index (κ3) is 8.33. The Morgan fingerprint density at radius 3 is 2.26 bits per heavy atom. The largest absolute Gasteiger partial charge is 1.00 e. The number of carboxylic acid groups (broad SMARTS) is 1. The molecule has 0 saturated heterocycles. The van der Waals surface area contributed by atoms with E-state index in [9.17, 15) is 19.5 Å². The van der Waals surface area contributed by atoms with E-state index in [-0.39, 0.29) is 41.9 Å². The van der Waals surface area contributed by atoms with Gasteiger partial charge in [0.1, 0.15) is 18.0 Å². The Hall–Kier alpha value is -2.85. The molecule has 38 heavy (non-hydrogen) atoms. The van der Waals surface area contributed by atoms with Gasteiger partial charge >= 0.3 is 35.2 Å². The van der Waals surface area contributed by atoms with Gasteiger partial charge in [-0.3, -0.25) is 4.79 Å². The first kappa shape index (κ1) is 29.7. The second-order valence-electron chi connectivity index (χ2n) is 9.56. The third-order valence-electron chi connectivity index (χ3n) is 6.66. The van der Waals surface area contributed by atoms with Crippen molar-refractivity contribution in [2.45, 2.75) is 39.2 Å². The van der Waals surface area contributed by atoms with E-state index >= 15 is 0 Å². The van der Waals surface area contributed by atoms with Crippen LogP contribution in [0.3, 0.4) is 0 Å². The van der Waals surface area contributed by atoms with Crippen LogP contribution in [0.2, 0.25) is 0 Å². The van der Waals surface area contributed by atoms with Crippen molar-refractivity contribution in [3.8, 4) is 22.5 Å². The predicted octanol–water partition coefficient (Wildman–Crippen LogP) is -1.03. The first-order valence-electron chi connectivity index (χ1n) is 12.5. The van der Waals surface area contributed by atoms with Crippen molar-refractivity contribution in [3.63, 3.8) is 0 Å². The fraction of sp³-hybridized carbons (Fsp3) is 0.393. The maximum atomic E-state index is 13.0. The van der Waals surface area contributed by atoms with Crippen LogP contribution in [0.5, 0.6) is 0 Å². The molecule has 1 aliphatic carbocycles. The molecule has 4 rings (SSSR count). The summed E-state index contributed by atoms with van der Waals surface area (Å²) in [7, 11) is 0. The van der Waals surface area contributed by atoms with Gasteiger partial charge < -0.3 is 20.0 Å². The van der Waals surface area contributed by atoms with E-state index in [1.807, 2.05) is 61.5 Å². The molecule has 0 spiro atoms. The number of nitrogens with zero attached hydrogens (tertiary/aromatic N) is 3. The van der Waals surface area contributed by atoms with Crippen LogP contribution in [-0.2, 0) is 20.9 Å². The first-order valence-corrected chi connectivity index (χ1v) is 12.5. The monoisotopic (exact) mass is 526 g/mol. The Kier molecular flexibility index (Phi) is 11.2. The summed E-state index contributed by atoms with van der Waals surface area (Å²) in [5.41, 5.74) is 3.81. The molecule has 0 bridgehead atoms. The number of ether oxygens (including phenoxy) is 1. The van der Waals surface area contributed by atoms with Crippen LogP contribution in [0.1, 0.15) is 31.2 Å². The van der Waals surface area contributed by atoms with Gasteiger partial charge in [0.05, 0.1) is 19.1 Å². The van der Waals surface area contributed by atoms with Gasteiger partial charge in [0, 0.05) is 17.7 Å². The van der Waals surface area contributed by atoms with Gasteiger partial charge in [-0.2, -0.15) is 10.1 Å². The van der Waals surface area contributed by atoms with Crippen LogP contribution in [0.4, 0.5) is 0 Å². The van der Waals surface area contributed by atoms with E-state index in [0.29, 0.717) is 36.4 Å². The Labute approximate surface area is 243 Å². The van der Waals surface area contributed by atoms with Gasteiger partial charge in [-0.1, -0.05) is 60.2 Å². The number of hydrogen-bond donors (Lipinski definition) is 1. The number of aryl methyl sites for hydroxylation is 1. The number of amides is 1. The molecule has 10 heteroatoms. The van der Waals surface area contributed by atoms with Crippen LogP contribution < -0.4 is 45.7 Å². The smallest absolute Gasteiger partial charge is 0.548 e. The van der Waals surface area contributed by atoms with E-state index in [0.717, 1.165) is 42.4 Å². The molecule has 2 aromatic carbocycles. The van der Waals surface area contributed by atoms with Crippen molar-refractivity contribution in [2.75, 3.05) is 19.8 Å². The Balaban J connectivity index is 0.00000400. The van der Waals surface area contributed by atoms with Crippen molar-refractivity contribution in [3.05, 3.63) is 70.6 Å². The van der Waals surface area contributed by atoms with Crippen molar-refractivity contribution in [1.82, 2.24) is 20.1 Å². The summed E-state index contributed by atoms with van der Waals surface area (Å²) in [6.07, 6.45) is 3.67. The SMILES string of the molecule is Cc1ccc(-c2nn(CC3CCC(COCC(=O)NCC(=O)[O-])CC3)c(=O)nc2-c2ccccc2)cc1.[Na+]. The topological polar surface area (TPSA) is 126 Å². The fourth-order valence-electron chi connectivity index (χ4n) is 4.60. The van der Waals surface area contributed by atoms with Crippen molar-refractivity contribution in [2.24, 2.45) is 11.8 Å². The summed E-state index contributed by atoms with van der Waals surface area (Å²) in [6, 6.07) is 17.7. The summed E-state index contributed by atoms with van der Waals surface area (Å²) < 4.78 is 6.96. The zero-order valence-corrected chi connectivity index (χ0v) is 23.9. The number of aliphatic carboxylic acids is 1. The zero-order chi connectivity index (χ0) is 26.2. The minimum absolute atomic E-state index is 0. The molecule has 1 aliphatic rings. The normalized spacial score (nSPS) is 16.9. The van der Waals surface area contributed by atoms with Crippen LogP contribution in [-0.4, -0.2) is 46.4 Å². The van der Waals surface area contributed by atoms with Gasteiger partial charge in [0.15, 0.2) is 0 Å². The molecule has 1 N–H and O–H groups in total. The van der Waals surface area contributed by atoms with Crippen molar-refractivity contribution >= 4 is 11.9 Å². The maximum absolute atomic E-state index is 13.0. The summed E-state index contributed by atoms with van der Waals surface area (Å²) >= 11 is 0. The molecule has 1 amide bonds. The minimum atomic E-state index is -1.34. The number of rotatable bonds is 10. The van der Waals surface area contributed by atoms with Gasteiger partial charge in [-0.05, 0) is 44.4 Å². The fourth-order valence-corrected chi connectivity index (χ4v) is 4.60. The Bertz CT molecular complexity index is 1270. The van der Waals surface area contributed by atoms with Crippen LogP contribution in [0.25, 0.3) is 22.5 Å². The molecule has 1 aromatic heterocycles. The molecule has 0 aliphatic heterocycles. The first-order chi connectivity index (χ1) is 17.9. The molecule has 0 radical (unpaired) electrons. The Morgan fingerprint density at radius 2 is 1.61 bits per heavy atom. The molecular formula is C28H31N4NaO5. The number of aromatic nitrogens is 3. The molecule has 1 fully saturated rings. The number of benzene rings is 2. The second-order valence-corrected chi connectivity index (χ2v) is 9.56. The van der Waals surface area contributed by atoms with Crippen molar-refractivity contribution in [1.29, 1.82) is 0 Å². The van der Waals surface area contributed by atoms with Gasteiger partial charge in [-0.25, -0.2) is 9.48 Å². The van der Waals surface area contributed by atoms with Gasteiger partial charge in [0.2, 0.25) is 5.91 Å². The summed E-state index contributed by atoms with van der Waals surface area (Å²) in [5, 5.41) is 17.4. The van der Waals surface area contributed by atoms with Gasteiger partial charge in [0.25, 0.3) is 0 Å². The number of carboxylic acids is 1. The van der Waals surface area contributed by atoms with E-state index in [4.69, 9.17) is 9.84 Å². The van der Waals surface area contributed by atoms with Crippen LogP contribution in [0.15, 0.2) is 59.4 Å². The molecule has 0 unspecified atom stereocenters. The molecule has 1 saturated carbocycles. The summed E-state index contributed by atoms with van der Waals surface area (Å²) in [4.78, 5) is 39.4. The van der Waals surface area contributed by atoms with E-state index in [1.165, 1.54) is 4.68 Å². The number of carbonyl (C=O) groups is 2. The molecular weight excluding hydrogens is 495 g/mol. The predicted molar refractivity (Wildman–Crippen MR) is 136 cm³/mol. The van der Waals surface area contributed by atoms with Crippen LogP contribution in [0, 0.1) is 18.8 Å². The van der Waals surface area contributed by atoms with E-state index in [2.05, 4.69) is 10.3 Å². The third-order valence-corrected chi connectivity index (χ3v) is 6.66. The molecule has 1 heterocycles. The average molecular weight is 527 g/mol. The zero-order valence-electron chi connectivity index (χ0n) is 21.9. The maximum Gasteiger partial charge on any atom is 1.00 e. The second kappa shape index (κ2) is 14.3. The minimum Gasteiger partial charge on any atom is -0.548 e. The molecule has 0 atom stereocenters. The van der Waals surface area contributed by atoms with E-state index in [1.54, 1.807) is 0 Å². The van der Waals surface area contributed by atoms with E-state index < -0.39 is 18.4 Å². The molecule has 194 valence electrons. The molecule has 9 nitrogen and oxygen atoms in total. The molecule has 3 aromatic rings. The Morgan fingerprint density at radius 1 is 0.974 bits per heavy atom. The quantitative estimate of drug-likeness (QED) is 0.335. The standard InChI is InChI=1S/C28H32N4O5.Na/c1-19-7-13-23(14-8-19)27-26(22-5-3-2-4-6-22)30-28(36)32(31-27)16-20-9-11-21(12-10-20)17-37-18-24(33)29-15-25(34)35;/h2-8,13-14,20-21H,9-12,15-18H2,1H3,(H,29,33)(H,34,35);/q;+1/p-1. The average Bonchev–Trinajstić information content (AvgIpc) is 2.90. The van der Waals surface area contributed by atoms with Crippen molar-refractivity contribution < 1.29 is 49.0 Å². The van der Waals surface area contributed by atoms with Gasteiger partial charge in [-0.15, -0.1) is 0 Å². The summed E-state index contributed by atoms with van der Waals surface area (Å²) in [6.45, 7) is 2.27.